The fourth-order valence-corrected chi connectivity index (χ4v) is 2.29. The van der Waals surface area contributed by atoms with Gasteiger partial charge in [-0.25, -0.2) is 9.48 Å². The Balaban J connectivity index is 2.32. The Kier molecular flexibility index (Phi) is 2.53. The molecule has 1 aromatic carbocycles. The summed E-state index contributed by atoms with van der Waals surface area (Å²) in [5.74, 6) is -0.499. The van der Waals surface area contributed by atoms with Crippen molar-refractivity contribution in [3.8, 4) is 5.69 Å². The molecule has 0 spiro atoms. The van der Waals surface area contributed by atoms with Gasteiger partial charge in [0.25, 0.3) is 0 Å². The lowest BCUT2D eigenvalue weighted by molar-refractivity contribution is 0.555. The van der Waals surface area contributed by atoms with E-state index >= 15 is 0 Å². The number of aromatic nitrogens is 3. The number of halogens is 1. The minimum atomic E-state index is -0.499. The van der Waals surface area contributed by atoms with Gasteiger partial charge in [-0.15, -0.1) is 0 Å². The highest BCUT2D eigenvalue weighted by Gasteiger charge is 2.14. The predicted molar refractivity (Wildman–Crippen MR) is 75.5 cm³/mol. The number of nitrogens with one attached hydrogen (secondary N) is 1. The SMILES string of the molecule is Cc1nn(-c2cc3[nH]c(=O)oc3cc2N)c(C)c1Br. The van der Waals surface area contributed by atoms with Crippen molar-refractivity contribution in [3.63, 3.8) is 0 Å². The molecule has 0 bridgehead atoms. The first-order valence-electron chi connectivity index (χ1n) is 5.62. The largest absolute Gasteiger partial charge is 0.417 e. The summed E-state index contributed by atoms with van der Waals surface area (Å²) < 4.78 is 7.64. The van der Waals surface area contributed by atoms with Crippen LogP contribution in [-0.2, 0) is 0 Å². The van der Waals surface area contributed by atoms with Crippen LogP contribution in [0, 0.1) is 13.8 Å². The minimum absolute atomic E-state index is 0.437. The Bertz CT molecular complexity index is 843. The molecule has 0 fully saturated rings. The quantitative estimate of drug-likeness (QED) is 0.672. The molecule has 3 aromatic rings. The fourth-order valence-electron chi connectivity index (χ4n) is 2.04. The van der Waals surface area contributed by atoms with Crippen LogP contribution in [0.15, 0.2) is 25.8 Å². The number of benzene rings is 1. The maximum absolute atomic E-state index is 11.2. The number of oxazole rings is 1. The Morgan fingerprint density at radius 3 is 2.79 bits per heavy atom. The second kappa shape index (κ2) is 3.99. The van der Waals surface area contributed by atoms with Gasteiger partial charge in [-0.2, -0.15) is 5.10 Å². The number of aromatic amines is 1. The van der Waals surface area contributed by atoms with Crippen LogP contribution in [-0.4, -0.2) is 14.8 Å². The molecule has 0 unspecified atom stereocenters. The maximum atomic E-state index is 11.2. The van der Waals surface area contributed by atoms with E-state index in [9.17, 15) is 4.79 Å². The smallest absolute Gasteiger partial charge is 0.408 e. The average molecular weight is 323 g/mol. The first-order chi connectivity index (χ1) is 8.97. The van der Waals surface area contributed by atoms with Crippen LogP contribution >= 0.6 is 15.9 Å². The molecule has 3 N–H and O–H groups in total. The monoisotopic (exact) mass is 322 g/mol. The lowest BCUT2D eigenvalue weighted by atomic mass is 10.2. The second-order valence-corrected chi connectivity index (χ2v) is 5.11. The zero-order valence-corrected chi connectivity index (χ0v) is 11.9. The third-order valence-electron chi connectivity index (χ3n) is 3.00. The zero-order chi connectivity index (χ0) is 13.7. The van der Waals surface area contributed by atoms with Gasteiger partial charge in [0, 0.05) is 6.07 Å². The van der Waals surface area contributed by atoms with Crippen LogP contribution < -0.4 is 11.5 Å². The third-order valence-corrected chi connectivity index (χ3v) is 4.15. The summed E-state index contributed by atoms with van der Waals surface area (Å²) in [6.07, 6.45) is 0. The predicted octanol–water partition coefficient (Wildman–Crippen LogP) is 2.27. The van der Waals surface area contributed by atoms with Gasteiger partial charge in [-0.05, 0) is 35.8 Å². The van der Waals surface area contributed by atoms with Crippen LogP contribution in [0.3, 0.4) is 0 Å². The van der Waals surface area contributed by atoms with Gasteiger partial charge < -0.3 is 10.2 Å². The van der Waals surface area contributed by atoms with E-state index in [1.807, 2.05) is 13.8 Å². The van der Waals surface area contributed by atoms with Crippen LogP contribution in [0.2, 0.25) is 0 Å². The van der Waals surface area contributed by atoms with Crippen molar-refractivity contribution in [1.29, 1.82) is 0 Å². The minimum Gasteiger partial charge on any atom is -0.408 e. The molecule has 2 aromatic heterocycles. The van der Waals surface area contributed by atoms with E-state index in [1.165, 1.54) is 0 Å². The summed E-state index contributed by atoms with van der Waals surface area (Å²) in [7, 11) is 0. The molecule has 3 rings (SSSR count). The highest BCUT2D eigenvalue weighted by molar-refractivity contribution is 9.10. The molecule has 0 saturated heterocycles. The van der Waals surface area contributed by atoms with Crippen LogP contribution in [0.5, 0.6) is 0 Å². The standard InChI is InChI=1S/C12H11BrN4O2/c1-5-11(13)6(2)17(16-5)9-4-8-10(3-7(9)14)19-12(18)15-8/h3-4H,14H2,1-2H3,(H,15,18). The molecule has 0 radical (unpaired) electrons. The Morgan fingerprint density at radius 1 is 1.42 bits per heavy atom. The summed E-state index contributed by atoms with van der Waals surface area (Å²) in [4.78, 5) is 13.8. The van der Waals surface area contributed by atoms with E-state index in [-0.39, 0.29) is 0 Å². The molecule has 0 amide bonds. The van der Waals surface area contributed by atoms with E-state index in [2.05, 4.69) is 26.0 Å². The number of hydrogen-bond acceptors (Lipinski definition) is 4. The van der Waals surface area contributed by atoms with Crippen molar-refractivity contribution in [2.75, 3.05) is 5.73 Å². The van der Waals surface area contributed by atoms with E-state index in [0.717, 1.165) is 15.9 Å². The molecule has 7 heteroatoms. The van der Waals surface area contributed by atoms with Crippen LogP contribution in [0.25, 0.3) is 16.8 Å². The number of aryl methyl sites for hydroxylation is 1. The van der Waals surface area contributed by atoms with E-state index in [1.54, 1.807) is 16.8 Å². The average Bonchev–Trinajstić information content (AvgIpc) is 2.82. The van der Waals surface area contributed by atoms with Crippen molar-refractivity contribution in [2.24, 2.45) is 0 Å². The van der Waals surface area contributed by atoms with Crippen molar-refractivity contribution < 1.29 is 4.42 Å². The van der Waals surface area contributed by atoms with Crippen molar-refractivity contribution in [2.45, 2.75) is 13.8 Å². The summed E-state index contributed by atoms with van der Waals surface area (Å²) in [5.41, 5.74) is 10.0. The number of fused-ring (bicyclic) bond motifs is 1. The summed E-state index contributed by atoms with van der Waals surface area (Å²) in [6.45, 7) is 3.84. The third kappa shape index (κ3) is 1.77. The number of nitrogens with two attached hydrogens (primary N) is 1. The van der Waals surface area contributed by atoms with Gasteiger partial charge >= 0.3 is 5.76 Å². The Hall–Kier alpha value is -2.02. The fraction of sp³-hybridized carbons (Fsp3) is 0.167. The summed E-state index contributed by atoms with van der Waals surface area (Å²) in [5, 5.41) is 4.42. The van der Waals surface area contributed by atoms with Crippen LogP contribution in [0.4, 0.5) is 5.69 Å². The molecule has 0 aliphatic heterocycles. The molecule has 0 aliphatic carbocycles. The molecule has 0 aliphatic rings. The van der Waals surface area contributed by atoms with E-state index in [0.29, 0.717) is 22.5 Å². The van der Waals surface area contributed by atoms with Gasteiger partial charge in [-0.1, -0.05) is 0 Å². The van der Waals surface area contributed by atoms with Gasteiger partial charge in [0.15, 0.2) is 5.58 Å². The molecule has 98 valence electrons. The molecule has 0 atom stereocenters. The number of H-pyrrole nitrogens is 1. The Morgan fingerprint density at radius 2 is 2.16 bits per heavy atom. The molecule has 2 heterocycles. The van der Waals surface area contributed by atoms with Gasteiger partial charge in [0.2, 0.25) is 0 Å². The van der Waals surface area contributed by atoms with Gasteiger partial charge in [0.1, 0.15) is 0 Å². The van der Waals surface area contributed by atoms with Crippen molar-refractivity contribution in [1.82, 2.24) is 14.8 Å². The number of anilines is 1. The first kappa shape index (κ1) is 12.0. The molecular weight excluding hydrogens is 312 g/mol. The molecule has 6 nitrogen and oxygen atoms in total. The number of hydrogen-bond donors (Lipinski definition) is 2. The lowest BCUT2D eigenvalue weighted by Crippen LogP contribution is -2.03. The molecule has 19 heavy (non-hydrogen) atoms. The summed E-state index contributed by atoms with van der Waals surface area (Å²) >= 11 is 3.48. The zero-order valence-electron chi connectivity index (χ0n) is 10.3. The first-order valence-corrected chi connectivity index (χ1v) is 6.41. The number of nitrogen functional groups attached to an aromatic ring is 1. The lowest BCUT2D eigenvalue weighted by Gasteiger charge is -2.07. The second-order valence-electron chi connectivity index (χ2n) is 4.32. The molecule has 0 saturated carbocycles. The normalized spacial score (nSPS) is 11.3. The highest BCUT2D eigenvalue weighted by atomic mass is 79.9. The van der Waals surface area contributed by atoms with E-state index in [4.69, 9.17) is 10.2 Å². The maximum Gasteiger partial charge on any atom is 0.417 e. The summed E-state index contributed by atoms with van der Waals surface area (Å²) in [6, 6.07) is 3.37. The van der Waals surface area contributed by atoms with Gasteiger partial charge in [-0.3, -0.25) is 4.98 Å². The highest BCUT2D eigenvalue weighted by Crippen LogP contribution is 2.28. The van der Waals surface area contributed by atoms with E-state index < -0.39 is 5.76 Å². The molecular formula is C12H11BrN4O2. The van der Waals surface area contributed by atoms with Crippen molar-refractivity contribution in [3.05, 3.63) is 38.5 Å². The van der Waals surface area contributed by atoms with Gasteiger partial charge in [0.05, 0.1) is 32.8 Å². The topological polar surface area (TPSA) is 89.8 Å². The number of rotatable bonds is 1. The Labute approximate surface area is 116 Å². The number of nitrogens with zero attached hydrogens (tertiary/aromatic N) is 2. The van der Waals surface area contributed by atoms with Crippen LogP contribution in [0.1, 0.15) is 11.4 Å². The van der Waals surface area contributed by atoms with Crippen molar-refractivity contribution >= 4 is 32.7 Å².